The van der Waals surface area contributed by atoms with Crippen molar-refractivity contribution < 1.29 is 28.8 Å². The Labute approximate surface area is 885 Å². The number of nitrogens with two attached hydrogens (primary N) is 8. The molecule has 1 aliphatic heterocycles. The van der Waals surface area contributed by atoms with Crippen molar-refractivity contribution in [3.63, 3.8) is 0 Å². The molecule has 1 fully saturated rings. The Morgan fingerprint density at radius 2 is 0.662 bits per heavy atom. The third kappa shape index (κ3) is 23.8. The van der Waals surface area contributed by atoms with E-state index in [1.54, 1.807) is 131 Å². The number of aromatic nitrogens is 12. The van der Waals surface area contributed by atoms with Gasteiger partial charge >= 0.3 is 0 Å². The van der Waals surface area contributed by atoms with Crippen LogP contribution >= 0.6 is 149 Å². The van der Waals surface area contributed by atoms with Gasteiger partial charge in [-0.25, -0.2) is 59.8 Å². The first kappa shape index (κ1) is 103. The van der Waals surface area contributed by atoms with Crippen LogP contribution in [-0.2, 0) is 0 Å². The maximum absolute atomic E-state index is 12.9. The zero-order valence-electron chi connectivity index (χ0n) is 76.7. The van der Waals surface area contributed by atoms with Crippen molar-refractivity contribution in [2.24, 2.45) is 0 Å². The van der Waals surface area contributed by atoms with Gasteiger partial charge in [-0.1, -0.05) is 184 Å². The molecule has 0 aliphatic carbocycles. The maximum atomic E-state index is 12.9. The Kier molecular flexibility index (Phi) is 32.3. The number of Topliss-reactive ketones (excluding diaryl/α,β-unsaturated/α-hetero) is 1. The zero-order valence-corrected chi connectivity index (χ0v) is 86.9. The number of fused-ring (bicyclic) bond motifs is 6. The van der Waals surface area contributed by atoms with Gasteiger partial charge in [-0.05, 0) is 135 Å². The molecule has 12 aromatic heterocycles. The number of ketones is 1. The van der Waals surface area contributed by atoms with Gasteiger partial charge in [0.15, 0.2) is 5.78 Å². The largest absolute Gasteiger partial charge is 0.397 e. The van der Waals surface area contributed by atoms with E-state index in [4.69, 9.17) is 127 Å². The summed E-state index contributed by atoms with van der Waals surface area (Å²) in [6, 6.07) is 65.4. The van der Waals surface area contributed by atoms with Gasteiger partial charge in [-0.2, -0.15) is 0 Å². The molecular formula is C100H81Cl7N26O6S6. The van der Waals surface area contributed by atoms with Gasteiger partial charge < -0.3 is 76.9 Å². The topological polar surface area (TPSA) is 520 Å². The molecule has 13 heterocycles. The maximum Gasteiger partial charge on any atom is 0.267 e. The SMILES string of the molecule is CN(C)C(=O)c1cc2c(-c3ccc(Cl)cc3)nc(N)nc2s1.CNC(=O)c1cc2c(-c3ccc(Cl)cc3)nc(N)nc2s1.CNc1nc(-c2ccc(Cl)c(Cl)c2)c2c(N)c(C(C)=O)sc2n1.Nc1nc(-c2ccc(Cl)cc2)c2c(N)c(C(=O)N3CCCCC3)sc2n1.Nc1nc(-c2ccc(Cl)cc2)c2c(N)c(C(=O)Nc3ccccc3)sc2n1.Nc1nc(-c2ccc(Cl)cc2)c2cc(C(=O)Nc3ccccc3)sc2n1. The molecule has 20 aromatic rings. The molecule has 0 atom stereocenters. The molecule has 732 valence electrons. The number of nitrogens with zero attached hydrogens (tertiary/aromatic N) is 14. The van der Waals surface area contributed by atoms with Crippen molar-refractivity contribution in [1.29, 1.82) is 0 Å². The Bertz CT molecular complexity index is 8330. The van der Waals surface area contributed by atoms with Gasteiger partial charge in [0.05, 0.1) is 96.9 Å². The minimum atomic E-state index is -0.303. The summed E-state index contributed by atoms with van der Waals surface area (Å²) in [5.74, 6) is 0.381. The number of hydrogen-bond donors (Lipinski definition) is 12. The number of nitrogen functional groups attached to an aromatic ring is 8. The van der Waals surface area contributed by atoms with Crippen molar-refractivity contribution >= 4 is 310 Å². The lowest BCUT2D eigenvalue weighted by molar-refractivity contribution is 0.0729. The Morgan fingerprint density at radius 1 is 0.331 bits per heavy atom. The number of benzene rings is 8. The molecule has 8 aromatic carbocycles. The summed E-state index contributed by atoms with van der Waals surface area (Å²) in [5.41, 5.74) is 59.5. The van der Waals surface area contributed by atoms with E-state index >= 15 is 0 Å². The highest BCUT2D eigenvalue weighted by molar-refractivity contribution is 7.23. The molecule has 145 heavy (non-hydrogen) atoms. The fourth-order valence-electron chi connectivity index (χ4n) is 14.9. The van der Waals surface area contributed by atoms with Crippen LogP contribution in [0.3, 0.4) is 0 Å². The molecule has 21 rings (SSSR count). The molecule has 1 aliphatic rings. The van der Waals surface area contributed by atoms with Crippen molar-refractivity contribution in [1.82, 2.24) is 74.9 Å². The van der Waals surface area contributed by atoms with Gasteiger partial charge in [0.1, 0.15) is 38.7 Å². The second kappa shape index (κ2) is 45.5. The number of hydrogen-bond acceptors (Lipinski definition) is 33. The number of rotatable bonds is 15. The summed E-state index contributed by atoms with van der Waals surface area (Å²) in [7, 11) is 6.75. The van der Waals surface area contributed by atoms with Crippen LogP contribution < -0.4 is 67.1 Å². The number of thiophene rings is 6. The molecule has 32 nitrogen and oxygen atoms in total. The third-order valence-corrected chi connectivity index (χ3v) is 30.2. The fourth-order valence-corrected chi connectivity index (χ4v) is 21.9. The van der Waals surface area contributed by atoms with E-state index in [-0.39, 0.29) is 65.1 Å². The molecule has 20 N–H and O–H groups in total. The average molecular weight is 2180 g/mol. The number of nitrogens with one attached hydrogen (secondary N) is 4. The smallest absolute Gasteiger partial charge is 0.267 e. The quantitative estimate of drug-likeness (QED) is 0.0424. The predicted molar refractivity (Wildman–Crippen MR) is 597 cm³/mol. The number of carbonyl (C=O) groups is 6. The van der Waals surface area contributed by atoms with Gasteiger partial charge in [0.25, 0.3) is 29.5 Å². The average Bonchev–Trinajstić information content (AvgIpc) is 1.62. The molecule has 45 heteroatoms. The van der Waals surface area contributed by atoms with Crippen LogP contribution in [0.2, 0.25) is 35.2 Å². The number of halogens is 7. The summed E-state index contributed by atoms with van der Waals surface area (Å²) in [6.45, 7) is 3.01. The first-order valence-corrected chi connectivity index (χ1v) is 51.1. The van der Waals surface area contributed by atoms with Crippen LogP contribution in [0, 0.1) is 0 Å². The molecule has 5 amide bonds. The van der Waals surface area contributed by atoms with Crippen molar-refractivity contribution in [3.8, 4) is 67.5 Å². The summed E-state index contributed by atoms with van der Waals surface area (Å²) in [5, 5.41) is 19.6. The summed E-state index contributed by atoms with van der Waals surface area (Å²) in [6.07, 6.45) is 3.22. The molecule has 0 unspecified atom stereocenters. The second-order valence-electron chi connectivity index (χ2n) is 31.9. The highest BCUT2D eigenvalue weighted by atomic mass is 35.5. The van der Waals surface area contributed by atoms with E-state index in [0.717, 1.165) is 87.6 Å². The molecule has 0 saturated carbocycles. The lowest BCUT2D eigenvalue weighted by atomic mass is 10.1. The number of para-hydroxylation sites is 2. The zero-order chi connectivity index (χ0) is 103. The second-order valence-corrected chi connectivity index (χ2v) is 40.9. The Hall–Kier alpha value is -14.8. The number of anilines is 11. The van der Waals surface area contributed by atoms with Crippen molar-refractivity contribution in [2.45, 2.75) is 26.2 Å². The predicted octanol–water partition coefficient (Wildman–Crippen LogP) is 23.8. The van der Waals surface area contributed by atoms with E-state index in [1.807, 2.05) is 120 Å². The van der Waals surface area contributed by atoms with Gasteiger partial charge in [0, 0.05) is 134 Å². The van der Waals surface area contributed by atoms with E-state index in [2.05, 4.69) is 81.1 Å². The molecule has 1 saturated heterocycles. The molecule has 0 radical (unpaired) electrons. The van der Waals surface area contributed by atoms with Crippen LogP contribution in [0.4, 0.5) is 64.1 Å². The molecule has 0 spiro atoms. The van der Waals surface area contributed by atoms with Crippen LogP contribution in [0.5, 0.6) is 0 Å². The highest BCUT2D eigenvalue weighted by Gasteiger charge is 2.30. The summed E-state index contributed by atoms with van der Waals surface area (Å²) < 4.78 is 0. The Balaban J connectivity index is 0.000000125. The third-order valence-electron chi connectivity index (χ3n) is 21.8. The minimum Gasteiger partial charge on any atom is -0.397 e. The van der Waals surface area contributed by atoms with E-state index in [0.29, 0.717) is 172 Å². The molecule has 0 bridgehead atoms. The van der Waals surface area contributed by atoms with Crippen LogP contribution in [0.25, 0.3) is 129 Å². The van der Waals surface area contributed by atoms with E-state index in [1.165, 1.54) is 79.8 Å². The Morgan fingerprint density at radius 3 is 1.06 bits per heavy atom. The van der Waals surface area contributed by atoms with E-state index in [9.17, 15) is 28.8 Å². The first-order valence-electron chi connectivity index (χ1n) is 43.5. The van der Waals surface area contributed by atoms with Crippen molar-refractivity contribution in [2.75, 3.05) is 103 Å². The van der Waals surface area contributed by atoms with Gasteiger partial charge in [-0.3, -0.25) is 28.8 Å². The van der Waals surface area contributed by atoms with Gasteiger partial charge in [-0.15, -0.1) is 68.0 Å². The standard InChI is InChI=1S/C19H14ClN5OS.C19H13ClN4OS.C18H18ClN5OS.C15H12Cl2N4OS.C15H13ClN4OS.C14H11ClN4OS/c20-11-8-6-10(7-9-11)15-13-14(21)16(27-18(13)25-19(22)24-15)17(26)23-12-4-2-1-3-5-12;20-12-8-6-11(7-9-12)16-14-10-15(26-18(14)24-19(21)23-16)17(25)22-13-4-2-1-3-5-13;19-11-6-4-10(5-7-11)14-12-13(20)15(26-16(12)23-18(21)22-14)17(25)24-8-2-1-3-9-24;1-6(22)13-11(18)10-12(7-3-4-8(16)9(17)5-7)20-15(19-2)21-14(10)23-13;1-20(2)14(21)11-7-10-12(8-3-5-9(16)6-4-8)18-15(17)19-13(10)22-11;1-17-12(20)10-6-9-11(7-2-4-8(15)5-3-7)18-14(16)19-13(9)21-10/h1-9H,21H2,(H,23,26)(H2,22,24,25);1-10H,(H,22,25)(H2,21,23,24);4-7H,1-3,8-9,20H2,(H2,21,22,23);3-5H,18H2,1-2H3,(H,19,20,21);3-7H,1-2H3,(H2,17,18,19);2-6H,1H3,(H,17,20)(H2,16,18,19). The number of piperidine rings is 1. The summed E-state index contributed by atoms with van der Waals surface area (Å²) in [4.78, 5) is 136. The highest BCUT2D eigenvalue weighted by Crippen LogP contribution is 2.46. The summed E-state index contributed by atoms with van der Waals surface area (Å²) >= 11 is 49.4. The van der Waals surface area contributed by atoms with Crippen molar-refractivity contribution in [3.05, 3.63) is 283 Å². The number of amides is 5. The first-order chi connectivity index (χ1) is 69.6. The van der Waals surface area contributed by atoms with Crippen LogP contribution in [-0.4, -0.2) is 146 Å². The lowest BCUT2D eigenvalue weighted by Crippen LogP contribution is -2.35. The lowest BCUT2D eigenvalue weighted by Gasteiger charge is -2.26. The van der Waals surface area contributed by atoms with Crippen LogP contribution in [0.15, 0.2) is 218 Å². The number of likely N-dealkylation sites (tertiary alicyclic amines) is 1. The van der Waals surface area contributed by atoms with E-state index < -0.39 is 0 Å². The number of carbonyl (C=O) groups excluding carboxylic acids is 6. The van der Waals surface area contributed by atoms with Gasteiger partial charge in [0.2, 0.25) is 35.7 Å². The normalized spacial score (nSPS) is 11.5. The van der Waals surface area contributed by atoms with Crippen LogP contribution in [0.1, 0.15) is 84.2 Å². The molecular weight excluding hydrogens is 2100 g/mol. The monoisotopic (exact) mass is 2180 g/mol. The minimum absolute atomic E-state index is 0.0363. The fraction of sp³-hybridized carbons (Fsp3) is 0.100.